The van der Waals surface area contributed by atoms with Gasteiger partial charge in [0.25, 0.3) is 0 Å². The van der Waals surface area contributed by atoms with Crippen LogP contribution in [0.3, 0.4) is 0 Å². The van der Waals surface area contributed by atoms with Crippen LogP contribution >= 0.6 is 0 Å². The molecule has 0 aliphatic heterocycles. The Balaban J connectivity index is 2.77. The monoisotopic (exact) mass is 313 g/mol. The largest absolute Gasteiger partial charge is 0.356 e. The van der Waals surface area contributed by atoms with E-state index in [2.05, 4.69) is 51.2 Å². The molecule has 1 amide bonds. The van der Waals surface area contributed by atoms with Crippen molar-refractivity contribution in [3.8, 4) is 0 Å². The highest BCUT2D eigenvalue weighted by atomic mass is 16.1. The van der Waals surface area contributed by atoms with E-state index in [-0.39, 0.29) is 11.3 Å². The van der Waals surface area contributed by atoms with E-state index in [1.165, 1.54) is 36.0 Å². The minimum absolute atomic E-state index is 0.0744. The molecule has 0 fully saturated rings. The average Bonchev–Trinajstić information content (AvgIpc) is 2.45. The molecule has 0 aromatic heterocycles. The Labute approximate surface area is 141 Å². The first-order valence-electron chi connectivity index (χ1n) is 8.39. The van der Waals surface area contributed by atoms with Gasteiger partial charge in [-0.25, -0.2) is 0 Å². The summed E-state index contributed by atoms with van der Waals surface area (Å²) >= 11 is 0. The predicted molar refractivity (Wildman–Crippen MR) is 100 cm³/mol. The summed E-state index contributed by atoms with van der Waals surface area (Å²) < 4.78 is 0. The van der Waals surface area contributed by atoms with E-state index in [0.29, 0.717) is 0 Å². The summed E-state index contributed by atoms with van der Waals surface area (Å²) in [6.45, 7) is 10.9. The van der Waals surface area contributed by atoms with Gasteiger partial charge in [-0.3, -0.25) is 4.79 Å². The number of nitrogens with one attached hydrogen (secondary N) is 1. The third kappa shape index (κ3) is 6.43. The minimum Gasteiger partial charge on any atom is -0.356 e. The lowest BCUT2D eigenvalue weighted by atomic mass is 9.72. The van der Waals surface area contributed by atoms with Crippen LogP contribution in [0.25, 0.3) is 0 Å². The molecule has 0 saturated carbocycles. The van der Waals surface area contributed by atoms with Crippen LogP contribution in [-0.4, -0.2) is 13.0 Å². The molecular formula is C21H31NO. The van der Waals surface area contributed by atoms with Gasteiger partial charge in [0, 0.05) is 13.1 Å². The quantitative estimate of drug-likeness (QED) is 0.544. The Morgan fingerprint density at radius 1 is 1.17 bits per heavy atom. The van der Waals surface area contributed by atoms with E-state index in [9.17, 15) is 4.79 Å². The Kier molecular flexibility index (Phi) is 7.28. The van der Waals surface area contributed by atoms with Crippen molar-refractivity contribution in [2.75, 3.05) is 7.05 Å². The first-order chi connectivity index (χ1) is 10.8. The molecule has 1 aliphatic carbocycles. The fourth-order valence-corrected chi connectivity index (χ4v) is 2.96. The van der Waals surface area contributed by atoms with E-state index >= 15 is 0 Å². The summed E-state index contributed by atoms with van der Waals surface area (Å²) in [7, 11) is 1.63. The van der Waals surface area contributed by atoms with Gasteiger partial charge < -0.3 is 5.32 Å². The van der Waals surface area contributed by atoms with Crippen molar-refractivity contribution in [3.63, 3.8) is 0 Å². The molecule has 126 valence electrons. The Morgan fingerprint density at radius 2 is 1.87 bits per heavy atom. The Morgan fingerprint density at radius 3 is 2.48 bits per heavy atom. The molecule has 0 aromatic carbocycles. The molecule has 0 aromatic rings. The first kappa shape index (κ1) is 19.2. The van der Waals surface area contributed by atoms with Crippen LogP contribution in [0.2, 0.25) is 0 Å². The summed E-state index contributed by atoms with van der Waals surface area (Å²) in [5.41, 5.74) is 5.42. The second-order valence-electron chi connectivity index (χ2n) is 7.04. The van der Waals surface area contributed by atoms with Gasteiger partial charge in [-0.15, -0.1) is 0 Å². The van der Waals surface area contributed by atoms with Crippen molar-refractivity contribution in [1.82, 2.24) is 5.32 Å². The fourth-order valence-electron chi connectivity index (χ4n) is 2.96. The average molecular weight is 313 g/mol. The Hall–Kier alpha value is -1.83. The zero-order valence-electron chi connectivity index (χ0n) is 15.5. The maximum Gasteiger partial charge on any atom is 0.243 e. The molecule has 0 bridgehead atoms. The highest BCUT2D eigenvalue weighted by molar-refractivity contribution is 5.88. The lowest BCUT2D eigenvalue weighted by Gasteiger charge is -2.32. The standard InChI is InChI=1S/C21H31NO/c1-16(9-7-10-17(2)15-20(23)22-6)12-13-19-18(3)11-8-14-21(19,4)5/h7,9-10,12-13,15H,8,11,14H2,1-6H3,(H,22,23)/b10-7+,13-12+,16-9+,17-15+. The summed E-state index contributed by atoms with van der Waals surface area (Å²) in [6.07, 6.45) is 15.8. The summed E-state index contributed by atoms with van der Waals surface area (Å²) in [4.78, 5) is 11.2. The number of allylic oxidation sites excluding steroid dienone is 9. The minimum atomic E-state index is -0.0744. The zero-order valence-corrected chi connectivity index (χ0v) is 15.5. The third-order valence-corrected chi connectivity index (χ3v) is 4.38. The van der Waals surface area contributed by atoms with Gasteiger partial charge in [0.05, 0.1) is 0 Å². The van der Waals surface area contributed by atoms with E-state index in [0.717, 1.165) is 5.57 Å². The SMILES string of the molecule is CNC(=O)/C=C(C)/C=C/C=C(C)/C=C/C1=C(C)CCCC1(C)C. The number of rotatable bonds is 5. The lowest BCUT2D eigenvalue weighted by Crippen LogP contribution is -2.19. The highest BCUT2D eigenvalue weighted by Crippen LogP contribution is 2.40. The molecule has 2 heteroatoms. The number of hydrogen-bond donors (Lipinski definition) is 1. The van der Waals surface area contributed by atoms with Crippen LogP contribution in [0.15, 0.2) is 58.7 Å². The van der Waals surface area contributed by atoms with Crippen LogP contribution in [-0.2, 0) is 4.79 Å². The van der Waals surface area contributed by atoms with Gasteiger partial charge in [-0.1, -0.05) is 55.4 Å². The molecule has 0 unspecified atom stereocenters. The third-order valence-electron chi connectivity index (χ3n) is 4.38. The van der Waals surface area contributed by atoms with Gasteiger partial charge in [0.2, 0.25) is 5.91 Å². The van der Waals surface area contributed by atoms with Crippen LogP contribution in [0, 0.1) is 5.41 Å². The van der Waals surface area contributed by atoms with Crippen LogP contribution in [0.5, 0.6) is 0 Å². The van der Waals surface area contributed by atoms with Crippen molar-refractivity contribution < 1.29 is 4.79 Å². The molecule has 0 radical (unpaired) electrons. The molecule has 1 aliphatic rings. The molecule has 23 heavy (non-hydrogen) atoms. The normalized spacial score (nSPS) is 19.7. The van der Waals surface area contributed by atoms with Gasteiger partial charge in [0.1, 0.15) is 0 Å². The Bertz CT molecular complexity index is 583. The number of amides is 1. The van der Waals surface area contributed by atoms with Gasteiger partial charge >= 0.3 is 0 Å². The van der Waals surface area contributed by atoms with E-state index < -0.39 is 0 Å². The number of hydrogen-bond acceptors (Lipinski definition) is 1. The van der Waals surface area contributed by atoms with Crippen molar-refractivity contribution in [1.29, 1.82) is 0 Å². The molecule has 1 N–H and O–H groups in total. The highest BCUT2D eigenvalue weighted by Gasteiger charge is 2.26. The van der Waals surface area contributed by atoms with Gasteiger partial charge in [0.15, 0.2) is 0 Å². The van der Waals surface area contributed by atoms with Crippen molar-refractivity contribution >= 4 is 5.91 Å². The number of carbonyl (C=O) groups excluding carboxylic acids is 1. The van der Waals surface area contributed by atoms with E-state index in [1.807, 2.05) is 19.1 Å². The first-order valence-corrected chi connectivity index (χ1v) is 8.39. The van der Waals surface area contributed by atoms with E-state index in [4.69, 9.17) is 0 Å². The number of carbonyl (C=O) groups is 1. The van der Waals surface area contributed by atoms with Crippen LogP contribution < -0.4 is 5.32 Å². The molecular weight excluding hydrogens is 282 g/mol. The van der Waals surface area contributed by atoms with E-state index in [1.54, 1.807) is 13.1 Å². The summed E-state index contributed by atoms with van der Waals surface area (Å²) in [5, 5.41) is 2.58. The van der Waals surface area contributed by atoms with Crippen LogP contribution in [0.1, 0.15) is 53.9 Å². The molecule has 1 rings (SSSR count). The maximum atomic E-state index is 11.2. The zero-order chi connectivity index (χ0) is 17.5. The topological polar surface area (TPSA) is 29.1 Å². The molecule has 2 nitrogen and oxygen atoms in total. The summed E-state index contributed by atoms with van der Waals surface area (Å²) in [5.74, 6) is -0.0744. The van der Waals surface area contributed by atoms with Crippen LogP contribution in [0.4, 0.5) is 0 Å². The predicted octanol–water partition coefficient (Wildman–Crippen LogP) is 5.26. The summed E-state index contributed by atoms with van der Waals surface area (Å²) in [6, 6.07) is 0. The fraction of sp³-hybridized carbons (Fsp3) is 0.476. The lowest BCUT2D eigenvalue weighted by molar-refractivity contribution is -0.116. The molecule has 0 spiro atoms. The van der Waals surface area contributed by atoms with Crippen molar-refractivity contribution in [3.05, 3.63) is 58.7 Å². The van der Waals surface area contributed by atoms with Gasteiger partial charge in [-0.2, -0.15) is 0 Å². The smallest absolute Gasteiger partial charge is 0.243 e. The second-order valence-corrected chi connectivity index (χ2v) is 7.04. The van der Waals surface area contributed by atoms with Gasteiger partial charge in [-0.05, 0) is 56.6 Å². The molecule has 0 atom stereocenters. The molecule has 0 heterocycles. The maximum absolute atomic E-state index is 11.2. The van der Waals surface area contributed by atoms with Crippen molar-refractivity contribution in [2.45, 2.75) is 53.9 Å². The van der Waals surface area contributed by atoms with Crippen molar-refractivity contribution in [2.24, 2.45) is 5.41 Å². The molecule has 0 saturated heterocycles. The second kappa shape index (κ2) is 8.71. The number of likely N-dealkylation sites (N-methyl/N-ethyl adjacent to an activating group) is 1.